The molecule has 0 unspecified atom stereocenters. The number of rotatable bonds is 20. The van der Waals surface area contributed by atoms with E-state index in [2.05, 4.69) is 29.3 Å². The van der Waals surface area contributed by atoms with Gasteiger partial charge in [-0.3, -0.25) is 0 Å². The second-order valence-electron chi connectivity index (χ2n) is 12.0. The maximum absolute atomic E-state index is 12.8. The van der Waals surface area contributed by atoms with Crippen molar-refractivity contribution in [3.63, 3.8) is 0 Å². The molecule has 0 saturated carbocycles. The van der Waals surface area contributed by atoms with Crippen LogP contribution in [0, 0.1) is 6.92 Å². The molecule has 238 valence electrons. The third-order valence-corrected chi connectivity index (χ3v) is 8.23. The van der Waals surface area contributed by atoms with Gasteiger partial charge in [0, 0.05) is 0 Å². The molecule has 0 aliphatic heterocycles. The van der Waals surface area contributed by atoms with Crippen molar-refractivity contribution in [1.82, 2.24) is 0 Å². The Kier molecular flexibility index (Phi) is 14.6. The number of unbranched alkanes of at least 4 members (excludes halogenated alkanes) is 13. The van der Waals surface area contributed by atoms with Crippen molar-refractivity contribution < 1.29 is 14.3 Å². The predicted octanol–water partition coefficient (Wildman–Crippen LogP) is 12.6. The number of esters is 1. The van der Waals surface area contributed by atoms with Crippen LogP contribution in [0.1, 0.15) is 113 Å². The van der Waals surface area contributed by atoms with Gasteiger partial charge in [0.2, 0.25) is 0 Å². The number of nitrogens with zero attached hydrogens (tertiary/aromatic N) is 2. The third-order valence-electron chi connectivity index (χ3n) is 8.23. The monoisotopic (exact) mass is 606 g/mol. The molecule has 0 atom stereocenters. The van der Waals surface area contributed by atoms with E-state index in [0.717, 1.165) is 28.8 Å². The average Bonchev–Trinajstić information content (AvgIpc) is 3.06. The van der Waals surface area contributed by atoms with Gasteiger partial charge in [-0.05, 0) is 84.3 Å². The van der Waals surface area contributed by atoms with Gasteiger partial charge >= 0.3 is 5.97 Å². The van der Waals surface area contributed by atoms with E-state index in [9.17, 15) is 4.79 Å². The fraction of sp³-hybridized carbons (Fsp3) is 0.425. The smallest absolute Gasteiger partial charge is 0.343 e. The summed E-state index contributed by atoms with van der Waals surface area (Å²) >= 11 is 0. The van der Waals surface area contributed by atoms with E-state index in [-0.39, 0.29) is 0 Å². The number of ether oxygens (including phenoxy) is 2. The molecule has 4 rings (SSSR count). The van der Waals surface area contributed by atoms with Crippen LogP contribution in [0.4, 0.5) is 11.4 Å². The highest BCUT2D eigenvalue weighted by molar-refractivity contribution is 5.91. The Balaban J connectivity index is 1.10. The maximum Gasteiger partial charge on any atom is 0.343 e. The minimum atomic E-state index is -0.401. The van der Waals surface area contributed by atoms with Crippen LogP contribution in [0.3, 0.4) is 0 Å². The quantitative estimate of drug-likeness (QED) is 0.0435. The zero-order chi connectivity index (χ0) is 31.5. The van der Waals surface area contributed by atoms with Crippen LogP contribution in [0.25, 0.3) is 10.8 Å². The molecule has 0 aliphatic carbocycles. The van der Waals surface area contributed by atoms with Gasteiger partial charge in [-0.15, -0.1) is 0 Å². The molecule has 0 heterocycles. The van der Waals surface area contributed by atoms with Crippen LogP contribution in [-0.4, -0.2) is 12.6 Å². The predicted molar refractivity (Wildman–Crippen MR) is 187 cm³/mol. The molecule has 0 bridgehead atoms. The lowest BCUT2D eigenvalue weighted by Gasteiger charge is -2.09. The molecule has 5 nitrogen and oxygen atoms in total. The zero-order valence-corrected chi connectivity index (χ0v) is 27.3. The van der Waals surface area contributed by atoms with Crippen molar-refractivity contribution in [3.05, 3.63) is 96.1 Å². The molecule has 0 fully saturated rings. The summed E-state index contributed by atoms with van der Waals surface area (Å²) in [5.74, 6) is 0.878. The minimum absolute atomic E-state index is 0.401. The summed E-state index contributed by atoms with van der Waals surface area (Å²) in [5, 5.41) is 11.0. The van der Waals surface area contributed by atoms with Gasteiger partial charge in [0.25, 0.3) is 0 Å². The van der Waals surface area contributed by atoms with Crippen LogP contribution >= 0.6 is 0 Å². The molecule has 0 radical (unpaired) electrons. The number of benzene rings is 4. The van der Waals surface area contributed by atoms with Crippen molar-refractivity contribution in [3.8, 4) is 11.5 Å². The first-order valence-electron chi connectivity index (χ1n) is 17.1. The Hall–Kier alpha value is -3.99. The number of fused-ring (bicyclic) bond motifs is 1. The lowest BCUT2D eigenvalue weighted by atomic mass is 10.0. The van der Waals surface area contributed by atoms with Gasteiger partial charge in [0.1, 0.15) is 11.5 Å². The Morgan fingerprint density at radius 1 is 0.600 bits per heavy atom. The Labute approximate surface area is 270 Å². The minimum Gasteiger partial charge on any atom is -0.494 e. The van der Waals surface area contributed by atoms with Gasteiger partial charge in [-0.2, -0.15) is 10.2 Å². The van der Waals surface area contributed by atoms with Crippen LogP contribution in [0.5, 0.6) is 11.5 Å². The highest BCUT2D eigenvalue weighted by Crippen LogP contribution is 2.28. The first-order valence-corrected chi connectivity index (χ1v) is 17.1. The largest absolute Gasteiger partial charge is 0.494 e. The first kappa shape index (κ1) is 33.9. The van der Waals surface area contributed by atoms with E-state index in [1.165, 1.54) is 88.9 Å². The van der Waals surface area contributed by atoms with Crippen LogP contribution < -0.4 is 9.47 Å². The molecule has 4 aromatic carbocycles. The number of hydrogen-bond acceptors (Lipinski definition) is 5. The van der Waals surface area contributed by atoms with E-state index < -0.39 is 5.97 Å². The molecule has 0 aromatic heterocycles. The van der Waals surface area contributed by atoms with E-state index in [1.54, 1.807) is 24.3 Å². The molecule has 0 amide bonds. The topological polar surface area (TPSA) is 60.2 Å². The van der Waals surface area contributed by atoms with Crippen molar-refractivity contribution in [2.75, 3.05) is 6.61 Å². The lowest BCUT2D eigenvalue weighted by molar-refractivity contribution is 0.0733. The van der Waals surface area contributed by atoms with E-state index >= 15 is 0 Å². The summed E-state index contributed by atoms with van der Waals surface area (Å²) in [4.78, 5) is 12.8. The number of carbonyl (C=O) groups excluding carboxylic acids is 1. The summed E-state index contributed by atoms with van der Waals surface area (Å²) in [7, 11) is 0. The van der Waals surface area contributed by atoms with Crippen molar-refractivity contribution >= 4 is 28.1 Å². The fourth-order valence-corrected chi connectivity index (χ4v) is 5.50. The second-order valence-corrected chi connectivity index (χ2v) is 12.0. The molecule has 45 heavy (non-hydrogen) atoms. The standard InChI is InChI=1S/C40H50N2O3/c1-3-4-5-6-7-8-9-10-11-12-13-14-15-18-29-44-38-26-22-34(23-27-38)40(43)45-39-28-25-36(30-32(39)2)41-42-37-24-21-33-19-16-17-20-35(33)31-37/h16-17,19-28,30-31H,3-15,18,29H2,1-2H3. The van der Waals surface area contributed by atoms with Gasteiger partial charge < -0.3 is 9.47 Å². The SMILES string of the molecule is CCCCCCCCCCCCCCCCOc1ccc(C(=O)Oc2ccc(N=Nc3ccc4ccccc4c3)cc2C)cc1. The summed E-state index contributed by atoms with van der Waals surface area (Å²) < 4.78 is 11.6. The number of hydrogen-bond donors (Lipinski definition) is 0. The number of carbonyl (C=O) groups is 1. The molecule has 0 aliphatic rings. The molecule has 5 heteroatoms. The number of azo groups is 1. The fourth-order valence-electron chi connectivity index (χ4n) is 5.50. The normalized spacial score (nSPS) is 11.3. The Morgan fingerprint density at radius 3 is 1.78 bits per heavy atom. The average molecular weight is 607 g/mol. The highest BCUT2D eigenvalue weighted by Gasteiger charge is 2.11. The molecular formula is C40H50N2O3. The Morgan fingerprint density at radius 2 is 1.16 bits per heavy atom. The first-order chi connectivity index (χ1) is 22.1. The van der Waals surface area contributed by atoms with Gasteiger partial charge in [-0.1, -0.05) is 121 Å². The molecule has 0 saturated heterocycles. The van der Waals surface area contributed by atoms with Gasteiger partial charge in [0.15, 0.2) is 0 Å². The van der Waals surface area contributed by atoms with Crippen molar-refractivity contribution in [2.45, 2.75) is 104 Å². The highest BCUT2D eigenvalue weighted by atomic mass is 16.5. The molecule has 4 aromatic rings. The lowest BCUT2D eigenvalue weighted by Crippen LogP contribution is -2.09. The molecule has 0 N–H and O–H groups in total. The number of aryl methyl sites for hydroxylation is 1. The van der Waals surface area contributed by atoms with E-state index in [1.807, 2.05) is 55.5 Å². The third kappa shape index (κ3) is 12.1. The Bertz CT molecular complexity index is 1480. The second kappa shape index (κ2) is 19.4. The van der Waals surface area contributed by atoms with Gasteiger partial charge in [0.05, 0.1) is 23.5 Å². The summed E-state index contributed by atoms with van der Waals surface area (Å²) in [6.07, 6.45) is 18.8. The zero-order valence-electron chi connectivity index (χ0n) is 27.3. The summed E-state index contributed by atoms with van der Waals surface area (Å²) in [6, 6.07) is 26.8. The maximum atomic E-state index is 12.8. The summed E-state index contributed by atoms with van der Waals surface area (Å²) in [5.41, 5.74) is 2.78. The van der Waals surface area contributed by atoms with Crippen LogP contribution in [0.15, 0.2) is 95.2 Å². The summed E-state index contributed by atoms with van der Waals surface area (Å²) in [6.45, 7) is 4.87. The van der Waals surface area contributed by atoms with E-state index in [4.69, 9.17) is 9.47 Å². The molecule has 0 spiro atoms. The van der Waals surface area contributed by atoms with Crippen LogP contribution in [0.2, 0.25) is 0 Å². The van der Waals surface area contributed by atoms with Crippen LogP contribution in [-0.2, 0) is 0 Å². The molecular weight excluding hydrogens is 556 g/mol. The van der Waals surface area contributed by atoms with Crippen molar-refractivity contribution in [1.29, 1.82) is 0 Å². The van der Waals surface area contributed by atoms with E-state index in [0.29, 0.717) is 23.6 Å². The van der Waals surface area contributed by atoms with Gasteiger partial charge in [-0.25, -0.2) is 4.79 Å². The van der Waals surface area contributed by atoms with Crippen molar-refractivity contribution in [2.24, 2.45) is 10.2 Å².